The fourth-order valence-electron chi connectivity index (χ4n) is 2.90. The molecule has 1 aliphatic rings. The molecule has 1 heterocycles. The number of amides is 2. The second-order valence-corrected chi connectivity index (χ2v) is 6.11. The van der Waals surface area contributed by atoms with Crippen molar-refractivity contribution in [2.75, 3.05) is 32.7 Å². The Morgan fingerprint density at radius 3 is 2.50 bits per heavy atom. The third-order valence-electron chi connectivity index (χ3n) is 4.49. The molecule has 1 aliphatic heterocycles. The van der Waals surface area contributed by atoms with E-state index in [4.69, 9.17) is 0 Å². The molecule has 0 bridgehead atoms. The summed E-state index contributed by atoms with van der Waals surface area (Å²) in [5.41, 5.74) is 1.19. The molecule has 1 saturated heterocycles. The molecule has 5 nitrogen and oxygen atoms in total. The topological polar surface area (TPSA) is 52.7 Å². The van der Waals surface area contributed by atoms with Gasteiger partial charge in [0.05, 0.1) is 6.04 Å². The lowest BCUT2D eigenvalue weighted by molar-refractivity contribution is -0.134. The van der Waals surface area contributed by atoms with Crippen LogP contribution in [-0.4, -0.2) is 60.4 Å². The molecule has 24 heavy (non-hydrogen) atoms. The van der Waals surface area contributed by atoms with Gasteiger partial charge in [0.2, 0.25) is 11.8 Å². The number of hydrogen-bond acceptors (Lipinski definition) is 3. The summed E-state index contributed by atoms with van der Waals surface area (Å²) in [5.74, 6) is 0.209. The molecule has 0 aliphatic carbocycles. The van der Waals surface area contributed by atoms with Crippen molar-refractivity contribution < 1.29 is 9.59 Å². The van der Waals surface area contributed by atoms with Crippen molar-refractivity contribution in [2.45, 2.75) is 25.8 Å². The number of nitrogens with one attached hydrogen (secondary N) is 1. The largest absolute Gasteiger partial charge is 0.351 e. The minimum Gasteiger partial charge on any atom is -0.351 e. The predicted molar refractivity (Wildman–Crippen MR) is 95.6 cm³/mol. The first kappa shape index (κ1) is 18.2. The first-order chi connectivity index (χ1) is 11.6. The molecule has 1 atom stereocenters. The van der Waals surface area contributed by atoms with Gasteiger partial charge < -0.3 is 10.2 Å². The fourth-order valence-corrected chi connectivity index (χ4v) is 2.90. The number of nitrogens with zero attached hydrogens (tertiary/aromatic N) is 2. The molecular formula is C19H27N3O2. The minimum absolute atomic E-state index is 0.0127. The highest BCUT2D eigenvalue weighted by Crippen LogP contribution is 2.10. The Balaban J connectivity index is 1.74. The van der Waals surface area contributed by atoms with Gasteiger partial charge in [0.15, 0.2) is 0 Å². The van der Waals surface area contributed by atoms with Gasteiger partial charge in [-0.05, 0) is 18.9 Å². The van der Waals surface area contributed by atoms with E-state index in [0.717, 1.165) is 19.5 Å². The molecule has 2 amide bonds. The van der Waals surface area contributed by atoms with Crippen LogP contribution in [-0.2, 0) is 16.0 Å². The predicted octanol–water partition coefficient (Wildman–Crippen LogP) is 1.45. The van der Waals surface area contributed by atoms with Crippen LogP contribution in [0, 0.1) is 0 Å². The number of aryl methyl sites for hydroxylation is 1. The zero-order valence-corrected chi connectivity index (χ0v) is 14.4. The summed E-state index contributed by atoms with van der Waals surface area (Å²) in [4.78, 5) is 28.4. The Morgan fingerprint density at radius 2 is 1.88 bits per heavy atom. The van der Waals surface area contributed by atoms with E-state index in [1.165, 1.54) is 5.56 Å². The molecule has 0 aromatic heterocycles. The summed E-state index contributed by atoms with van der Waals surface area (Å²) in [5, 5.41) is 2.82. The lowest BCUT2D eigenvalue weighted by atomic mass is 10.1. The molecule has 1 fully saturated rings. The van der Waals surface area contributed by atoms with E-state index in [1.807, 2.05) is 30.0 Å². The molecule has 1 N–H and O–H groups in total. The van der Waals surface area contributed by atoms with Crippen LogP contribution in [0.2, 0.25) is 0 Å². The van der Waals surface area contributed by atoms with Gasteiger partial charge in [0.25, 0.3) is 0 Å². The Morgan fingerprint density at radius 1 is 1.21 bits per heavy atom. The highest BCUT2D eigenvalue weighted by Gasteiger charge is 2.26. The number of carbonyl (C=O) groups is 2. The van der Waals surface area contributed by atoms with Crippen LogP contribution < -0.4 is 5.32 Å². The molecule has 5 heteroatoms. The van der Waals surface area contributed by atoms with Crippen LogP contribution in [0.5, 0.6) is 0 Å². The molecule has 1 aromatic rings. The maximum Gasteiger partial charge on any atom is 0.237 e. The van der Waals surface area contributed by atoms with Crippen molar-refractivity contribution in [2.24, 2.45) is 0 Å². The Labute approximate surface area is 144 Å². The monoisotopic (exact) mass is 329 g/mol. The second kappa shape index (κ2) is 9.23. The van der Waals surface area contributed by atoms with Gasteiger partial charge in [0.1, 0.15) is 0 Å². The molecule has 1 aromatic carbocycles. The quantitative estimate of drug-likeness (QED) is 0.771. The van der Waals surface area contributed by atoms with Crippen LogP contribution >= 0.6 is 0 Å². The normalized spacial score (nSPS) is 16.5. The number of rotatable bonds is 7. The Bertz CT molecular complexity index is 551. The van der Waals surface area contributed by atoms with Gasteiger partial charge in [-0.3, -0.25) is 14.5 Å². The summed E-state index contributed by atoms with van der Waals surface area (Å²) < 4.78 is 0. The SMILES string of the molecule is C=CCNC(=O)C(C)N1CCN(C(=O)CCc2ccccc2)CC1. The molecule has 2 rings (SSSR count). The average Bonchev–Trinajstić information content (AvgIpc) is 2.64. The number of piperazine rings is 1. The summed E-state index contributed by atoms with van der Waals surface area (Å²) in [7, 11) is 0. The van der Waals surface area contributed by atoms with E-state index in [-0.39, 0.29) is 17.9 Å². The van der Waals surface area contributed by atoms with Crippen LogP contribution in [0.15, 0.2) is 43.0 Å². The number of hydrogen-bond donors (Lipinski definition) is 1. The zero-order valence-electron chi connectivity index (χ0n) is 14.4. The molecule has 130 valence electrons. The van der Waals surface area contributed by atoms with Crippen molar-refractivity contribution in [1.29, 1.82) is 0 Å². The van der Waals surface area contributed by atoms with Gasteiger partial charge >= 0.3 is 0 Å². The first-order valence-electron chi connectivity index (χ1n) is 8.56. The maximum absolute atomic E-state index is 12.3. The van der Waals surface area contributed by atoms with Crippen molar-refractivity contribution in [3.05, 3.63) is 48.6 Å². The highest BCUT2D eigenvalue weighted by molar-refractivity contribution is 5.81. The summed E-state index contributed by atoms with van der Waals surface area (Å²) in [6, 6.07) is 9.90. The smallest absolute Gasteiger partial charge is 0.237 e. The van der Waals surface area contributed by atoms with Crippen LogP contribution in [0.4, 0.5) is 0 Å². The summed E-state index contributed by atoms with van der Waals surface area (Å²) in [6.45, 7) is 8.84. The molecule has 0 spiro atoms. The zero-order chi connectivity index (χ0) is 17.4. The van der Waals surface area contributed by atoms with Gasteiger partial charge in [-0.1, -0.05) is 36.4 Å². The number of benzene rings is 1. The van der Waals surface area contributed by atoms with E-state index in [0.29, 0.717) is 26.1 Å². The molecule has 1 unspecified atom stereocenters. The van der Waals surface area contributed by atoms with Crippen LogP contribution in [0.1, 0.15) is 18.9 Å². The Hall–Kier alpha value is -2.14. The highest BCUT2D eigenvalue weighted by atomic mass is 16.2. The van der Waals surface area contributed by atoms with Crippen molar-refractivity contribution in [3.63, 3.8) is 0 Å². The van der Waals surface area contributed by atoms with E-state index in [9.17, 15) is 9.59 Å². The second-order valence-electron chi connectivity index (χ2n) is 6.11. The molecule has 0 saturated carbocycles. The van der Waals surface area contributed by atoms with Crippen LogP contribution in [0.25, 0.3) is 0 Å². The van der Waals surface area contributed by atoms with Gasteiger partial charge in [0, 0.05) is 39.1 Å². The van der Waals surface area contributed by atoms with Gasteiger partial charge in [-0.15, -0.1) is 6.58 Å². The first-order valence-corrected chi connectivity index (χ1v) is 8.56. The standard InChI is InChI=1S/C19H27N3O2/c1-3-11-20-19(24)16(2)21-12-14-22(15-13-21)18(23)10-9-17-7-5-4-6-8-17/h3-8,16H,1,9-15H2,2H3,(H,20,24). The van der Waals surface area contributed by atoms with Crippen molar-refractivity contribution >= 4 is 11.8 Å². The molecule has 0 radical (unpaired) electrons. The number of carbonyl (C=O) groups excluding carboxylic acids is 2. The average molecular weight is 329 g/mol. The van der Waals surface area contributed by atoms with Gasteiger partial charge in [-0.2, -0.15) is 0 Å². The lowest BCUT2D eigenvalue weighted by Gasteiger charge is -2.37. The van der Waals surface area contributed by atoms with E-state index in [1.54, 1.807) is 6.08 Å². The molecular weight excluding hydrogens is 302 g/mol. The van der Waals surface area contributed by atoms with Gasteiger partial charge in [-0.25, -0.2) is 0 Å². The lowest BCUT2D eigenvalue weighted by Crippen LogP contribution is -2.55. The van der Waals surface area contributed by atoms with Crippen molar-refractivity contribution in [3.8, 4) is 0 Å². The summed E-state index contributed by atoms with van der Waals surface area (Å²) in [6.07, 6.45) is 2.99. The van der Waals surface area contributed by atoms with E-state index < -0.39 is 0 Å². The fraction of sp³-hybridized carbons (Fsp3) is 0.474. The van der Waals surface area contributed by atoms with Crippen molar-refractivity contribution in [1.82, 2.24) is 15.1 Å². The third kappa shape index (κ3) is 5.20. The maximum atomic E-state index is 12.3. The minimum atomic E-state index is -0.175. The summed E-state index contributed by atoms with van der Waals surface area (Å²) >= 11 is 0. The third-order valence-corrected chi connectivity index (χ3v) is 4.49. The Kier molecular flexibility index (Phi) is 7.00. The van der Waals surface area contributed by atoms with Crippen LogP contribution in [0.3, 0.4) is 0 Å². The van der Waals surface area contributed by atoms with E-state index in [2.05, 4.69) is 28.9 Å². The van der Waals surface area contributed by atoms with E-state index >= 15 is 0 Å².